The van der Waals surface area contributed by atoms with Crippen LogP contribution >= 0.6 is 0 Å². The monoisotopic (exact) mass is 270 g/mol. The first-order valence-electron chi connectivity index (χ1n) is 7.39. The first-order chi connectivity index (χ1) is 9.43. The van der Waals surface area contributed by atoms with Crippen LogP contribution in [0.4, 0.5) is 0 Å². The van der Waals surface area contributed by atoms with E-state index in [9.17, 15) is 5.26 Å². The number of hydrogen-bond donors (Lipinski definition) is 1. The van der Waals surface area contributed by atoms with Crippen LogP contribution in [-0.4, -0.2) is 12.1 Å². The normalized spacial score (nSPS) is 21.5. The van der Waals surface area contributed by atoms with Crippen LogP contribution in [0, 0.1) is 11.3 Å². The highest BCUT2D eigenvalue weighted by atomic mass is 16.5. The molecule has 1 N–H and O–H groups in total. The molecule has 1 aromatic carbocycles. The van der Waals surface area contributed by atoms with Gasteiger partial charge >= 0.3 is 0 Å². The number of benzene rings is 1. The summed E-state index contributed by atoms with van der Waals surface area (Å²) in [5, 5.41) is 13.0. The molecule has 0 saturated heterocycles. The number of nitrogens with zero attached hydrogens (tertiary/aromatic N) is 1. The molecular formula is C17H22N2O. The molecule has 3 heteroatoms. The lowest BCUT2D eigenvalue weighted by Gasteiger charge is -2.39. The van der Waals surface area contributed by atoms with E-state index in [2.05, 4.69) is 38.2 Å². The molecule has 3 rings (SSSR count). The van der Waals surface area contributed by atoms with E-state index >= 15 is 0 Å². The number of hydrogen-bond acceptors (Lipinski definition) is 3. The second kappa shape index (κ2) is 4.49. The summed E-state index contributed by atoms with van der Waals surface area (Å²) in [7, 11) is 0. The molecular weight excluding hydrogens is 248 g/mol. The Balaban J connectivity index is 1.87. The quantitative estimate of drug-likeness (QED) is 0.917. The molecule has 0 radical (unpaired) electrons. The average Bonchev–Trinajstić information content (AvgIpc) is 2.69. The SMILES string of the molecule is CC1(NCc2cc(C#N)c3c(c2)C(C)(C)CO3)CCC1. The van der Waals surface area contributed by atoms with Crippen molar-refractivity contribution in [2.24, 2.45) is 0 Å². The standard InChI is InChI=1S/C17H22N2O/c1-16(2)11-20-15-13(9-18)7-12(8-14(15)16)10-19-17(3)5-4-6-17/h7-8,19H,4-6,10-11H2,1-3H3. The van der Waals surface area contributed by atoms with Gasteiger partial charge < -0.3 is 10.1 Å². The Bertz CT molecular complexity index is 579. The van der Waals surface area contributed by atoms with E-state index in [0.29, 0.717) is 12.2 Å². The number of nitrogens with one attached hydrogen (secondary N) is 1. The highest BCUT2D eigenvalue weighted by Crippen LogP contribution is 2.41. The Morgan fingerprint density at radius 1 is 1.30 bits per heavy atom. The maximum Gasteiger partial charge on any atom is 0.140 e. The van der Waals surface area contributed by atoms with E-state index < -0.39 is 0 Å². The van der Waals surface area contributed by atoms with Gasteiger partial charge in [0.25, 0.3) is 0 Å². The van der Waals surface area contributed by atoms with E-state index in [-0.39, 0.29) is 11.0 Å². The highest BCUT2D eigenvalue weighted by Gasteiger charge is 2.35. The Hall–Kier alpha value is -1.53. The third kappa shape index (κ3) is 2.19. The van der Waals surface area contributed by atoms with Gasteiger partial charge in [0.2, 0.25) is 0 Å². The summed E-state index contributed by atoms with van der Waals surface area (Å²) in [5.41, 5.74) is 3.32. The maximum absolute atomic E-state index is 9.33. The number of ether oxygens (including phenoxy) is 1. The second-order valence-electron chi connectivity index (χ2n) is 7.07. The summed E-state index contributed by atoms with van der Waals surface area (Å²) >= 11 is 0. The predicted molar refractivity (Wildman–Crippen MR) is 78.8 cm³/mol. The minimum atomic E-state index is -0.00266. The molecule has 1 aliphatic heterocycles. The Kier molecular flexibility index (Phi) is 3.02. The van der Waals surface area contributed by atoms with Crippen molar-refractivity contribution in [2.75, 3.05) is 6.61 Å². The van der Waals surface area contributed by atoms with Crippen molar-refractivity contribution in [2.45, 2.75) is 57.5 Å². The third-order valence-electron chi connectivity index (χ3n) is 4.75. The van der Waals surface area contributed by atoms with Crippen LogP contribution < -0.4 is 10.1 Å². The zero-order chi connectivity index (χ0) is 14.4. The smallest absolute Gasteiger partial charge is 0.140 e. The molecule has 0 aromatic heterocycles. The van der Waals surface area contributed by atoms with Gasteiger partial charge in [-0.25, -0.2) is 0 Å². The molecule has 106 valence electrons. The van der Waals surface area contributed by atoms with Gasteiger partial charge in [0.05, 0.1) is 12.2 Å². The fraction of sp³-hybridized carbons (Fsp3) is 0.588. The van der Waals surface area contributed by atoms with E-state index in [0.717, 1.165) is 12.3 Å². The lowest BCUT2D eigenvalue weighted by Crippen LogP contribution is -2.47. The van der Waals surface area contributed by atoms with E-state index in [4.69, 9.17) is 4.74 Å². The zero-order valence-electron chi connectivity index (χ0n) is 12.5. The van der Waals surface area contributed by atoms with E-state index in [1.54, 1.807) is 0 Å². The van der Waals surface area contributed by atoms with Crippen LogP contribution in [0.25, 0.3) is 0 Å². The zero-order valence-corrected chi connectivity index (χ0v) is 12.5. The van der Waals surface area contributed by atoms with Crippen molar-refractivity contribution in [1.82, 2.24) is 5.32 Å². The first kappa shape index (κ1) is 13.5. The van der Waals surface area contributed by atoms with E-state index in [1.807, 2.05) is 6.07 Å². The van der Waals surface area contributed by atoms with Gasteiger partial charge in [0.1, 0.15) is 11.8 Å². The van der Waals surface area contributed by atoms with Gasteiger partial charge in [-0.05, 0) is 37.8 Å². The van der Waals surface area contributed by atoms with Crippen LogP contribution in [0.3, 0.4) is 0 Å². The molecule has 2 aliphatic rings. The summed E-state index contributed by atoms with van der Waals surface area (Å²) in [6, 6.07) is 6.45. The van der Waals surface area contributed by atoms with Gasteiger partial charge in [-0.1, -0.05) is 19.9 Å². The van der Waals surface area contributed by atoms with Crippen LogP contribution in [0.2, 0.25) is 0 Å². The van der Waals surface area contributed by atoms with Crippen molar-refractivity contribution < 1.29 is 4.74 Å². The average molecular weight is 270 g/mol. The Morgan fingerprint density at radius 2 is 2.05 bits per heavy atom. The molecule has 0 amide bonds. The van der Waals surface area contributed by atoms with Gasteiger partial charge in [0, 0.05) is 23.1 Å². The summed E-state index contributed by atoms with van der Waals surface area (Å²) in [4.78, 5) is 0. The first-order valence-corrected chi connectivity index (χ1v) is 7.39. The maximum atomic E-state index is 9.33. The summed E-state index contributed by atoms with van der Waals surface area (Å²) in [6.45, 7) is 8.11. The fourth-order valence-electron chi connectivity index (χ4n) is 3.06. The molecule has 0 bridgehead atoms. The lowest BCUT2D eigenvalue weighted by molar-refractivity contribution is 0.207. The third-order valence-corrected chi connectivity index (χ3v) is 4.75. The lowest BCUT2D eigenvalue weighted by atomic mass is 9.78. The summed E-state index contributed by atoms with van der Waals surface area (Å²) in [6.07, 6.45) is 3.81. The van der Waals surface area contributed by atoms with E-state index in [1.165, 1.54) is 30.4 Å². The topological polar surface area (TPSA) is 45.0 Å². The van der Waals surface area contributed by atoms with Crippen LogP contribution in [0.15, 0.2) is 12.1 Å². The second-order valence-corrected chi connectivity index (χ2v) is 7.07. The number of rotatable bonds is 3. The predicted octanol–water partition coefficient (Wildman–Crippen LogP) is 3.26. The van der Waals surface area contributed by atoms with Crippen molar-refractivity contribution in [3.8, 4) is 11.8 Å². The molecule has 0 unspecified atom stereocenters. The number of fused-ring (bicyclic) bond motifs is 1. The molecule has 3 nitrogen and oxygen atoms in total. The van der Waals surface area contributed by atoms with Crippen molar-refractivity contribution in [1.29, 1.82) is 5.26 Å². The summed E-state index contributed by atoms with van der Waals surface area (Å²) < 4.78 is 5.73. The summed E-state index contributed by atoms with van der Waals surface area (Å²) in [5.74, 6) is 0.788. The van der Waals surface area contributed by atoms with Gasteiger partial charge in [-0.15, -0.1) is 0 Å². The molecule has 1 heterocycles. The molecule has 0 spiro atoms. The molecule has 1 fully saturated rings. The minimum Gasteiger partial charge on any atom is -0.491 e. The van der Waals surface area contributed by atoms with Gasteiger partial charge in [-0.3, -0.25) is 0 Å². The van der Waals surface area contributed by atoms with Crippen LogP contribution in [-0.2, 0) is 12.0 Å². The minimum absolute atomic E-state index is 0.00266. The van der Waals surface area contributed by atoms with Crippen LogP contribution in [0.5, 0.6) is 5.75 Å². The highest BCUT2D eigenvalue weighted by molar-refractivity contribution is 5.55. The fourth-order valence-corrected chi connectivity index (χ4v) is 3.06. The molecule has 1 aliphatic carbocycles. The van der Waals surface area contributed by atoms with Crippen molar-refractivity contribution in [3.63, 3.8) is 0 Å². The Labute approximate surface area is 120 Å². The van der Waals surface area contributed by atoms with Gasteiger partial charge in [-0.2, -0.15) is 5.26 Å². The number of nitriles is 1. The molecule has 1 aromatic rings. The Morgan fingerprint density at radius 3 is 2.65 bits per heavy atom. The van der Waals surface area contributed by atoms with Crippen molar-refractivity contribution in [3.05, 3.63) is 28.8 Å². The van der Waals surface area contributed by atoms with Crippen molar-refractivity contribution >= 4 is 0 Å². The molecule has 0 atom stereocenters. The molecule has 20 heavy (non-hydrogen) atoms. The van der Waals surface area contributed by atoms with Gasteiger partial charge in [0.15, 0.2) is 0 Å². The van der Waals surface area contributed by atoms with Crippen LogP contribution in [0.1, 0.15) is 56.7 Å². The molecule has 1 saturated carbocycles. The largest absolute Gasteiger partial charge is 0.491 e.